The number of hydrogen-bond donors (Lipinski definition) is 6. The van der Waals surface area contributed by atoms with Gasteiger partial charge in [0.05, 0.1) is 18.5 Å². The minimum Gasteiger partial charge on any atom is -0.469 e. The number of nitrogen functional groups attached to an aromatic ring is 1. The maximum atomic E-state index is 13.2. The molecule has 18 nitrogen and oxygen atoms in total. The summed E-state index contributed by atoms with van der Waals surface area (Å²) in [5, 5.41) is 8.17. The van der Waals surface area contributed by atoms with Crippen molar-refractivity contribution in [3.05, 3.63) is 73.8 Å². The lowest BCUT2D eigenvalue weighted by atomic mass is 10.1. The highest BCUT2D eigenvalue weighted by Crippen LogP contribution is 2.46. The van der Waals surface area contributed by atoms with Crippen molar-refractivity contribution in [3.8, 4) is 0 Å². The highest BCUT2D eigenvalue weighted by Gasteiger charge is 2.62. The van der Waals surface area contributed by atoms with Crippen molar-refractivity contribution in [2.45, 2.75) is 131 Å². The third-order valence-corrected chi connectivity index (χ3v) is 12.8. The van der Waals surface area contributed by atoms with Crippen LogP contribution in [-0.4, -0.2) is 82.7 Å². The van der Waals surface area contributed by atoms with E-state index in [9.17, 15) is 40.8 Å². The zero-order valence-electron chi connectivity index (χ0n) is 37.7. The Morgan fingerprint density at radius 3 is 1.55 bits per heavy atom. The van der Waals surface area contributed by atoms with Gasteiger partial charge in [-0.15, -0.1) is 13.2 Å². The van der Waals surface area contributed by atoms with E-state index in [4.69, 9.17) is 15.2 Å². The molecule has 2 aliphatic carbocycles. The number of amides is 4. The van der Waals surface area contributed by atoms with Crippen LogP contribution in [0.15, 0.2) is 83.6 Å². The fourth-order valence-corrected chi connectivity index (χ4v) is 8.97. The van der Waals surface area contributed by atoms with Crippen LogP contribution in [0.2, 0.25) is 0 Å². The van der Waals surface area contributed by atoms with E-state index in [0.29, 0.717) is 18.7 Å². The molecule has 0 spiro atoms. The molecule has 4 amide bonds. The van der Waals surface area contributed by atoms with Crippen molar-refractivity contribution in [1.82, 2.24) is 20.1 Å². The molecule has 0 radical (unpaired) electrons. The SMILES string of the molecule is C=C[C@@H]1C[C@]1(NC(=O)OC(C)(C)C)C(=O)NS(=O)(=O)c1ccccc1N.C=C[C@@H]1C[C@]1(NC(=O)OC(C)(C)C)C(=O)NS(=O)(=O)c1ccccc1NCCCCCCCCC(=O)OC. The van der Waals surface area contributed by atoms with Crippen LogP contribution in [0.25, 0.3) is 0 Å². The van der Waals surface area contributed by atoms with Gasteiger partial charge in [-0.1, -0.05) is 62.1 Å². The van der Waals surface area contributed by atoms with E-state index < -0.39 is 78.2 Å². The Morgan fingerprint density at radius 2 is 1.11 bits per heavy atom. The number of carbonyl (C=O) groups excluding carboxylic acids is 5. The third kappa shape index (κ3) is 15.3. The van der Waals surface area contributed by atoms with Crippen LogP contribution in [0.5, 0.6) is 0 Å². The maximum Gasteiger partial charge on any atom is 0.408 e. The van der Waals surface area contributed by atoms with Crippen molar-refractivity contribution in [2.24, 2.45) is 11.8 Å². The second-order valence-electron chi connectivity index (χ2n) is 17.6. The number of nitrogens with two attached hydrogens (primary N) is 1. The average molecular weight is 933 g/mol. The molecule has 0 unspecified atom stereocenters. The van der Waals surface area contributed by atoms with E-state index in [1.807, 2.05) is 4.72 Å². The Morgan fingerprint density at radius 1 is 0.688 bits per heavy atom. The van der Waals surface area contributed by atoms with Crippen LogP contribution >= 0.6 is 0 Å². The molecule has 64 heavy (non-hydrogen) atoms. The fraction of sp³-hybridized carbons (Fsp3) is 0.523. The van der Waals surface area contributed by atoms with E-state index in [1.165, 1.54) is 43.5 Å². The number of rotatable bonds is 20. The molecule has 0 aromatic heterocycles. The molecular weight excluding hydrogens is 869 g/mol. The molecule has 0 bridgehead atoms. The second kappa shape index (κ2) is 21.8. The molecule has 2 aliphatic rings. The first-order valence-electron chi connectivity index (χ1n) is 20.9. The number of para-hydroxylation sites is 2. The zero-order valence-corrected chi connectivity index (χ0v) is 39.3. The number of unbranched alkanes of at least 4 members (excludes halogenated alkanes) is 5. The van der Waals surface area contributed by atoms with E-state index in [1.54, 1.807) is 65.8 Å². The van der Waals surface area contributed by atoms with Gasteiger partial charge in [-0.3, -0.25) is 14.4 Å². The van der Waals surface area contributed by atoms with Crippen LogP contribution in [0.3, 0.4) is 0 Å². The molecule has 2 aromatic rings. The highest BCUT2D eigenvalue weighted by atomic mass is 32.2. The van der Waals surface area contributed by atoms with Crippen molar-refractivity contribution in [2.75, 3.05) is 24.7 Å². The van der Waals surface area contributed by atoms with Gasteiger partial charge in [0.15, 0.2) is 0 Å². The van der Waals surface area contributed by atoms with Crippen LogP contribution in [-0.2, 0) is 48.6 Å². The van der Waals surface area contributed by atoms with Crippen molar-refractivity contribution >= 4 is 61.4 Å². The fourth-order valence-electron chi connectivity index (χ4n) is 6.57. The van der Waals surface area contributed by atoms with Gasteiger partial charge in [0.25, 0.3) is 31.9 Å². The number of ether oxygens (including phenoxy) is 3. The molecule has 2 fully saturated rings. The highest BCUT2D eigenvalue weighted by molar-refractivity contribution is 7.90. The molecule has 0 saturated heterocycles. The number of alkyl carbamates (subject to hydrolysis) is 2. The van der Waals surface area contributed by atoms with Crippen molar-refractivity contribution in [1.29, 1.82) is 0 Å². The van der Waals surface area contributed by atoms with Crippen LogP contribution in [0.4, 0.5) is 21.0 Å². The predicted octanol–water partition coefficient (Wildman–Crippen LogP) is 5.82. The third-order valence-electron chi connectivity index (χ3n) is 10.0. The Hall–Kier alpha value is -5.63. The molecule has 2 aromatic carbocycles. The van der Waals surface area contributed by atoms with Gasteiger partial charge in [0, 0.05) is 24.8 Å². The number of benzene rings is 2. The van der Waals surface area contributed by atoms with Gasteiger partial charge in [-0.25, -0.2) is 35.9 Å². The minimum atomic E-state index is -4.23. The first-order chi connectivity index (χ1) is 29.8. The number of sulfonamides is 2. The number of anilines is 2. The molecule has 354 valence electrons. The van der Waals surface area contributed by atoms with Gasteiger partial charge in [0.2, 0.25) is 0 Å². The van der Waals surface area contributed by atoms with Crippen LogP contribution in [0, 0.1) is 11.8 Å². The lowest BCUT2D eigenvalue weighted by molar-refractivity contribution is -0.140. The van der Waals surface area contributed by atoms with Gasteiger partial charge >= 0.3 is 18.2 Å². The zero-order chi connectivity index (χ0) is 48.1. The maximum absolute atomic E-state index is 13.2. The summed E-state index contributed by atoms with van der Waals surface area (Å²) in [6, 6.07) is 12.1. The first-order valence-corrected chi connectivity index (χ1v) is 23.9. The van der Waals surface area contributed by atoms with Gasteiger partial charge in [0.1, 0.15) is 32.1 Å². The van der Waals surface area contributed by atoms with E-state index in [2.05, 4.69) is 38.6 Å². The van der Waals surface area contributed by atoms with Crippen molar-refractivity contribution < 1.29 is 55.0 Å². The van der Waals surface area contributed by atoms with Crippen molar-refractivity contribution in [3.63, 3.8) is 0 Å². The van der Waals surface area contributed by atoms with Gasteiger partial charge in [-0.2, -0.15) is 0 Å². The average Bonchev–Trinajstić information content (AvgIpc) is 4.10. The monoisotopic (exact) mass is 932 g/mol. The predicted molar refractivity (Wildman–Crippen MR) is 242 cm³/mol. The standard InChI is InChI=1S/C27H41N3O7S.C17H23N3O5S/c1-6-20-19-27(20,29-25(33)37-26(2,3)4)24(32)30-38(34,35)22-16-13-12-15-21(22)28-18-14-10-8-7-9-11-17-23(31)36-5;1-5-11-10-17(11,19-15(22)25-16(2,3)4)14(21)20-26(23,24)13-9-7-6-8-12(13)18/h6,12-13,15-16,20,28H,1,7-11,14,17-19H2,2-5H3,(H,29,33)(H,30,32);5-9,11H,1,10,18H2,2-4H3,(H,19,22)(H,20,21)/t20-,27-;11-,17-/m11/s1. The van der Waals surface area contributed by atoms with Gasteiger partial charge in [-0.05, 0) is 91.5 Å². The molecule has 0 aliphatic heterocycles. The summed E-state index contributed by atoms with van der Waals surface area (Å²) >= 11 is 0. The first kappa shape index (κ1) is 52.7. The van der Waals surface area contributed by atoms with E-state index in [0.717, 1.165) is 38.5 Å². The summed E-state index contributed by atoms with van der Waals surface area (Å²) in [5.74, 6) is -2.71. The Kier molecular flexibility index (Phi) is 18.0. The lowest BCUT2D eigenvalue weighted by Crippen LogP contribution is -2.52. The second-order valence-corrected chi connectivity index (χ2v) is 20.9. The number of esters is 1. The molecule has 0 heterocycles. The number of hydrogen-bond acceptors (Lipinski definition) is 14. The number of methoxy groups -OCH3 is 1. The molecule has 4 rings (SSSR count). The molecule has 4 atom stereocenters. The molecular formula is C44H64N6O12S2. The Bertz CT molecular complexity index is 2260. The summed E-state index contributed by atoms with van der Waals surface area (Å²) in [6.07, 6.45) is 7.85. The smallest absolute Gasteiger partial charge is 0.408 e. The number of nitrogens with one attached hydrogen (secondary N) is 5. The Balaban J connectivity index is 0.000000365. The minimum absolute atomic E-state index is 0.0121. The van der Waals surface area contributed by atoms with E-state index >= 15 is 0 Å². The number of carbonyl (C=O) groups is 5. The summed E-state index contributed by atoms with van der Waals surface area (Å²) < 4.78 is 70.4. The molecule has 2 saturated carbocycles. The molecule has 7 N–H and O–H groups in total. The Labute approximate surface area is 377 Å². The summed E-state index contributed by atoms with van der Waals surface area (Å²) in [5.41, 5.74) is 1.69. The van der Waals surface area contributed by atoms with Gasteiger partial charge < -0.3 is 35.9 Å². The summed E-state index contributed by atoms with van der Waals surface area (Å²) in [6.45, 7) is 18.0. The quantitative estimate of drug-likeness (QED) is 0.0301. The summed E-state index contributed by atoms with van der Waals surface area (Å²) in [7, 11) is -7.03. The van der Waals surface area contributed by atoms with Crippen LogP contribution in [0.1, 0.15) is 99.3 Å². The largest absolute Gasteiger partial charge is 0.469 e. The molecule has 20 heteroatoms. The van der Waals surface area contributed by atoms with E-state index in [-0.39, 0.29) is 34.3 Å². The summed E-state index contributed by atoms with van der Waals surface area (Å²) in [4.78, 5) is 61.0. The lowest BCUT2D eigenvalue weighted by Gasteiger charge is -2.24. The van der Waals surface area contributed by atoms with Crippen LogP contribution < -0.4 is 31.1 Å². The normalized spacial score (nSPS) is 20.1. The topological polar surface area (TPSA) is 267 Å².